The molecule has 2 fully saturated rings. The molecule has 4 bridgehead atoms. The number of imidazole rings is 1. The molecule has 1 aromatic carbocycles. The van der Waals surface area contributed by atoms with Gasteiger partial charge in [0.25, 0.3) is 5.91 Å². The third-order valence-electron chi connectivity index (χ3n) is 10.4. The van der Waals surface area contributed by atoms with Crippen LogP contribution in [0.25, 0.3) is 33.6 Å². The van der Waals surface area contributed by atoms with Crippen LogP contribution < -0.4 is 11.1 Å². The molecule has 3 aliphatic rings. The van der Waals surface area contributed by atoms with Gasteiger partial charge in [0, 0.05) is 42.5 Å². The van der Waals surface area contributed by atoms with Crippen molar-refractivity contribution >= 4 is 33.9 Å². The number of hydrogen-bond donors (Lipinski definition) is 2. The van der Waals surface area contributed by atoms with Crippen LogP contribution >= 0.6 is 0 Å². The number of halogens is 2. The zero-order valence-electron chi connectivity index (χ0n) is 26.4. The Hall–Kier alpha value is -3.86. The van der Waals surface area contributed by atoms with Crippen LogP contribution in [0.3, 0.4) is 0 Å². The molecule has 0 unspecified atom stereocenters. The Morgan fingerprint density at radius 1 is 1.07 bits per heavy atom. The molecule has 9 nitrogen and oxygen atoms in total. The van der Waals surface area contributed by atoms with Gasteiger partial charge in [0.1, 0.15) is 11.2 Å². The number of nitrogens with zero attached hydrogens (tertiary/aromatic N) is 5. The minimum atomic E-state index is -1.16. The third kappa shape index (κ3) is 4.81. The van der Waals surface area contributed by atoms with Crippen LogP contribution in [0.2, 0.25) is 0 Å². The van der Waals surface area contributed by atoms with Gasteiger partial charge < -0.3 is 25.1 Å². The zero-order valence-corrected chi connectivity index (χ0v) is 26.4. The Bertz CT molecular complexity index is 1840. The third-order valence-corrected chi connectivity index (χ3v) is 10.4. The van der Waals surface area contributed by atoms with Gasteiger partial charge in [0.2, 0.25) is 5.91 Å². The van der Waals surface area contributed by atoms with Crippen molar-refractivity contribution in [2.45, 2.75) is 103 Å². The summed E-state index contributed by atoms with van der Waals surface area (Å²) >= 11 is 0. The van der Waals surface area contributed by atoms with Crippen molar-refractivity contribution in [3.8, 4) is 11.5 Å². The number of carbonyl (C=O) groups excluding carboxylic acids is 2. The van der Waals surface area contributed by atoms with Crippen molar-refractivity contribution in [1.29, 1.82) is 0 Å². The fourth-order valence-electron chi connectivity index (χ4n) is 7.74. The number of nitrogens with two attached hydrogens (primary N) is 1. The van der Waals surface area contributed by atoms with E-state index in [1.165, 1.54) is 6.07 Å². The quantitative estimate of drug-likeness (QED) is 0.298. The highest BCUT2D eigenvalue weighted by Gasteiger charge is 2.48. The average Bonchev–Trinajstić information content (AvgIpc) is 3.75. The van der Waals surface area contributed by atoms with Crippen LogP contribution in [0.5, 0.6) is 0 Å². The molecule has 3 aromatic heterocycles. The molecule has 3 N–H and O–H groups in total. The first-order valence-electron chi connectivity index (χ1n) is 16.2. The number of nitrogens with one attached hydrogen (secondary N) is 1. The van der Waals surface area contributed by atoms with Crippen LogP contribution in [0, 0.1) is 17.0 Å². The van der Waals surface area contributed by atoms with E-state index in [-0.39, 0.29) is 46.7 Å². The van der Waals surface area contributed by atoms with Crippen LogP contribution in [-0.2, 0) is 18.4 Å². The Balaban J connectivity index is 1.32. The standard InChI is InChI=1S/C34H41F2N7O2/c1-18-23-11-9-19-15-26(42(30(19)39-23)14-8-6-5-7-13-34(2,3)33(45)38-18)31-40-24-17-21(27(35)28(36)29(24)41(31)4)32(44)43-20-10-12-25(43)22(37)16-20/h9,11,15,17-18,20,22,25H,5-8,10,12-14,16,37H2,1-4H3,(H,38,45)/t18-,20+,22-,25-/m1/s1. The van der Waals surface area contributed by atoms with Gasteiger partial charge in [-0.2, -0.15) is 0 Å². The number of benzene rings is 1. The maximum Gasteiger partial charge on any atom is 0.257 e. The fourth-order valence-corrected chi connectivity index (χ4v) is 7.74. The van der Waals surface area contributed by atoms with Gasteiger partial charge in [0.15, 0.2) is 17.5 Å². The number of fused-ring (bicyclic) bond motifs is 4. The Morgan fingerprint density at radius 3 is 2.58 bits per heavy atom. The van der Waals surface area contributed by atoms with Crippen molar-refractivity contribution in [2.75, 3.05) is 0 Å². The molecule has 45 heavy (non-hydrogen) atoms. The SMILES string of the molecule is C[C@H]1NC(=O)C(C)(C)CCCCCCn2c(-c3nc4cc(C(=O)N5[C@H]6CC[C@@H]5[C@H](N)C6)c(F)c(F)c4n3C)cc3ccc1nc32. The summed E-state index contributed by atoms with van der Waals surface area (Å²) in [6.07, 6.45) is 6.90. The van der Waals surface area contributed by atoms with Gasteiger partial charge in [-0.25, -0.2) is 18.7 Å². The minimum Gasteiger partial charge on any atom is -0.348 e. The van der Waals surface area contributed by atoms with Gasteiger partial charge >= 0.3 is 0 Å². The largest absolute Gasteiger partial charge is 0.348 e. The Kier molecular flexibility index (Phi) is 7.22. The molecule has 2 amide bonds. The minimum absolute atomic E-state index is 0.00619. The second kappa shape index (κ2) is 10.9. The number of hydrogen-bond acceptors (Lipinski definition) is 5. The average molecular weight is 618 g/mol. The van der Waals surface area contributed by atoms with Gasteiger partial charge in [0.05, 0.1) is 28.5 Å². The lowest BCUT2D eigenvalue weighted by molar-refractivity contribution is -0.130. The number of aromatic nitrogens is 4. The number of rotatable bonds is 2. The van der Waals surface area contributed by atoms with Crippen molar-refractivity contribution in [2.24, 2.45) is 18.2 Å². The van der Waals surface area contributed by atoms with Gasteiger partial charge in [-0.05, 0) is 63.3 Å². The molecule has 0 saturated carbocycles. The predicted molar refractivity (Wildman–Crippen MR) is 168 cm³/mol. The second-order valence-corrected chi connectivity index (χ2v) is 13.9. The maximum absolute atomic E-state index is 15.8. The van der Waals surface area contributed by atoms with Crippen LogP contribution in [0.4, 0.5) is 8.78 Å². The van der Waals surface area contributed by atoms with Crippen LogP contribution in [0.15, 0.2) is 24.3 Å². The summed E-state index contributed by atoms with van der Waals surface area (Å²) < 4.78 is 35.1. The highest BCUT2D eigenvalue weighted by molar-refractivity contribution is 5.99. The molecule has 2 saturated heterocycles. The number of pyridine rings is 1. The summed E-state index contributed by atoms with van der Waals surface area (Å²) in [5.41, 5.74) is 7.91. The molecule has 4 aromatic rings. The molecule has 7 rings (SSSR count). The van der Waals surface area contributed by atoms with E-state index in [2.05, 4.69) is 9.88 Å². The molecule has 0 spiro atoms. The summed E-state index contributed by atoms with van der Waals surface area (Å²) in [4.78, 5) is 38.1. The highest BCUT2D eigenvalue weighted by Crippen LogP contribution is 2.39. The molecule has 4 atom stereocenters. The van der Waals surface area contributed by atoms with E-state index in [1.54, 1.807) is 16.5 Å². The van der Waals surface area contributed by atoms with E-state index in [0.717, 1.165) is 67.4 Å². The molecular formula is C34H41F2N7O2. The Labute approximate surface area is 261 Å². The smallest absolute Gasteiger partial charge is 0.257 e. The molecular weight excluding hydrogens is 576 g/mol. The van der Waals surface area contributed by atoms with E-state index in [1.807, 2.05) is 39.0 Å². The first kappa shape index (κ1) is 29.8. The topological polar surface area (TPSA) is 111 Å². The number of aryl methyl sites for hydroxylation is 2. The lowest BCUT2D eigenvalue weighted by Crippen LogP contribution is -2.40. The summed E-state index contributed by atoms with van der Waals surface area (Å²) in [5, 5.41) is 4.03. The normalized spacial score (nSPS) is 25.3. The first-order chi connectivity index (χ1) is 21.5. The van der Waals surface area contributed by atoms with E-state index >= 15 is 8.78 Å². The molecule has 6 heterocycles. The van der Waals surface area contributed by atoms with Crippen LogP contribution in [-0.4, -0.2) is 53.9 Å². The zero-order chi connectivity index (χ0) is 31.8. The molecule has 238 valence electrons. The van der Waals surface area contributed by atoms with Gasteiger partial charge in [-0.15, -0.1) is 0 Å². The molecule has 0 aliphatic carbocycles. The van der Waals surface area contributed by atoms with Crippen molar-refractivity contribution in [3.63, 3.8) is 0 Å². The predicted octanol–water partition coefficient (Wildman–Crippen LogP) is 5.74. The lowest BCUT2D eigenvalue weighted by atomic mass is 9.85. The van der Waals surface area contributed by atoms with Crippen molar-refractivity contribution in [1.82, 2.24) is 29.3 Å². The Morgan fingerprint density at radius 2 is 1.84 bits per heavy atom. The van der Waals surface area contributed by atoms with Crippen molar-refractivity contribution < 1.29 is 18.4 Å². The second-order valence-electron chi connectivity index (χ2n) is 13.9. The van der Waals surface area contributed by atoms with Crippen molar-refractivity contribution in [3.05, 3.63) is 47.2 Å². The first-order valence-corrected chi connectivity index (χ1v) is 16.2. The lowest BCUT2D eigenvalue weighted by Gasteiger charge is -2.26. The summed E-state index contributed by atoms with van der Waals surface area (Å²) in [6.45, 7) is 6.59. The summed E-state index contributed by atoms with van der Waals surface area (Å²) in [6, 6.07) is 6.63. The molecule has 11 heteroatoms. The highest BCUT2D eigenvalue weighted by atomic mass is 19.2. The number of carbonyl (C=O) groups is 2. The van der Waals surface area contributed by atoms with Gasteiger partial charge in [-0.1, -0.05) is 33.1 Å². The maximum atomic E-state index is 15.8. The molecule has 3 aliphatic heterocycles. The number of amides is 2. The van der Waals surface area contributed by atoms with E-state index < -0.39 is 23.0 Å². The van der Waals surface area contributed by atoms with Gasteiger partial charge in [-0.3, -0.25) is 9.59 Å². The molecule has 0 radical (unpaired) electrons. The van der Waals surface area contributed by atoms with E-state index in [0.29, 0.717) is 18.8 Å². The van der Waals surface area contributed by atoms with E-state index in [4.69, 9.17) is 15.7 Å². The van der Waals surface area contributed by atoms with E-state index in [9.17, 15) is 9.59 Å². The monoisotopic (exact) mass is 617 g/mol. The van der Waals surface area contributed by atoms with Crippen LogP contribution in [0.1, 0.15) is 94.2 Å². The summed E-state index contributed by atoms with van der Waals surface area (Å²) in [5.74, 6) is -2.30. The summed E-state index contributed by atoms with van der Waals surface area (Å²) in [7, 11) is 1.67. The fraction of sp³-hybridized carbons (Fsp3) is 0.529.